The number of likely N-dealkylation sites (tertiary alicyclic amines) is 1. The first kappa shape index (κ1) is 24.4. The second-order valence-corrected chi connectivity index (χ2v) is 11.2. The molecule has 1 spiro atoms. The number of rotatable bonds is 4. The van der Waals surface area contributed by atoms with Gasteiger partial charge >= 0.3 is 12.3 Å². The topological polar surface area (TPSA) is 72.9 Å². The summed E-state index contributed by atoms with van der Waals surface area (Å²) in [4.78, 5) is 13.2. The van der Waals surface area contributed by atoms with Gasteiger partial charge in [0.15, 0.2) is 16.4 Å². The fraction of sp³-hybridized carbons (Fsp3) is 0.458. The molecule has 10 heteroatoms. The second kappa shape index (κ2) is 9.13. The van der Waals surface area contributed by atoms with Crippen molar-refractivity contribution < 1.29 is 35.9 Å². The lowest BCUT2D eigenvalue weighted by Crippen LogP contribution is -2.51. The van der Waals surface area contributed by atoms with E-state index in [1.165, 1.54) is 11.2 Å². The van der Waals surface area contributed by atoms with Crippen molar-refractivity contribution in [2.75, 3.05) is 26.0 Å². The number of sulfone groups is 1. The van der Waals surface area contributed by atoms with Crippen LogP contribution in [0.3, 0.4) is 0 Å². The zero-order chi connectivity index (χ0) is 24.6. The Bertz CT molecular complexity index is 1150. The van der Waals surface area contributed by atoms with Crippen molar-refractivity contribution in [3.05, 3.63) is 53.6 Å². The first-order valence-corrected chi connectivity index (χ1v) is 13.0. The van der Waals surface area contributed by atoms with E-state index in [9.17, 15) is 26.4 Å². The van der Waals surface area contributed by atoms with Crippen molar-refractivity contribution in [3.8, 4) is 16.9 Å². The number of aryl methyl sites for hydroxylation is 1. The summed E-state index contributed by atoms with van der Waals surface area (Å²) in [6, 6.07) is 13.4. The smallest absolute Gasteiger partial charge is 0.422 e. The van der Waals surface area contributed by atoms with Crippen LogP contribution in [0.4, 0.5) is 18.0 Å². The molecule has 2 heterocycles. The Labute approximate surface area is 196 Å². The highest BCUT2D eigenvalue weighted by atomic mass is 32.2. The fourth-order valence-electron chi connectivity index (χ4n) is 4.48. The molecular formula is C24H26F3NO5S. The number of amides is 1. The third-order valence-electron chi connectivity index (χ3n) is 6.25. The number of alkyl halides is 3. The van der Waals surface area contributed by atoms with Gasteiger partial charge in [-0.25, -0.2) is 13.2 Å². The number of carbonyl (C=O) groups is 1. The molecule has 6 nitrogen and oxygen atoms in total. The Hall–Kier alpha value is -2.75. The quantitative estimate of drug-likeness (QED) is 0.609. The Morgan fingerprint density at radius 2 is 1.71 bits per heavy atom. The van der Waals surface area contributed by atoms with E-state index in [2.05, 4.69) is 10.8 Å². The molecule has 1 fully saturated rings. The van der Waals surface area contributed by atoms with Crippen molar-refractivity contribution in [2.45, 2.75) is 43.2 Å². The summed E-state index contributed by atoms with van der Waals surface area (Å²) in [6.07, 6.45) is -1.69. The maximum atomic E-state index is 12.3. The lowest BCUT2D eigenvalue weighted by Gasteiger charge is -2.44. The van der Waals surface area contributed by atoms with Gasteiger partial charge in [0.25, 0.3) is 0 Å². The minimum absolute atomic E-state index is 0.00483. The van der Waals surface area contributed by atoms with Crippen molar-refractivity contribution >= 4 is 15.9 Å². The Morgan fingerprint density at radius 3 is 2.32 bits per heavy atom. The van der Waals surface area contributed by atoms with Crippen LogP contribution >= 0.6 is 0 Å². The predicted molar refractivity (Wildman–Crippen MR) is 120 cm³/mol. The van der Waals surface area contributed by atoms with Gasteiger partial charge in [-0.1, -0.05) is 30.3 Å². The van der Waals surface area contributed by atoms with Crippen molar-refractivity contribution in [3.63, 3.8) is 0 Å². The molecule has 184 valence electrons. The first-order chi connectivity index (χ1) is 15.9. The molecule has 0 N–H and O–H groups in total. The largest absolute Gasteiger partial charge is 0.487 e. The van der Waals surface area contributed by atoms with Crippen LogP contribution in [0.15, 0.2) is 42.5 Å². The van der Waals surface area contributed by atoms with Gasteiger partial charge in [-0.2, -0.15) is 13.2 Å². The van der Waals surface area contributed by atoms with Crippen LogP contribution < -0.4 is 4.74 Å². The highest BCUT2D eigenvalue weighted by molar-refractivity contribution is 7.89. The van der Waals surface area contributed by atoms with Crippen LogP contribution in [0.2, 0.25) is 0 Å². The number of nitrogens with zero attached hydrogens (tertiary/aromatic N) is 1. The summed E-state index contributed by atoms with van der Waals surface area (Å²) in [5.74, 6) is 0.780. The number of benzene rings is 2. The molecule has 0 aromatic heterocycles. The number of ether oxygens (including phenoxy) is 2. The van der Waals surface area contributed by atoms with Crippen LogP contribution in [0.25, 0.3) is 11.1 Å². The second-order valence-electron chi connectivity index (χ2n) is 9.03. The van der Waals surface area contributed by atoms with E-state index in [4.69, 9.17) is 4.74 Å². The molecule has 0 radical (unpaired) electrons. The predicted octanol–water partition coefficient (Wildman–Crippen LogP) is 4.76. The highest BCUT2D eigenvalue weighted by Crippen LogP contribution is 2.41. The van der Waals surface area contributed by atoms with Gasteiger partial charge < -0.3 is 14.4 Å². The summed E-state index contributed by atoms with van der Waals surface area (Å²) < 4.78 is 70.5. The molecule has 0 unspecified atom stereocenters. The summed E-state index contributed by atoms with van der Waals surface area (Å²) in [7, 11) is -3.09. The summed E-state index contributed by atoms with van der Waals surface area (Å²) in [5, 5.41) is 0. The Balaban J connectivity index is 1.38. The molecular weight excluding hydrogens is 471 g/mol. The van der Waals surface area contributed by atoms with Gasteiger partial charge in [-0.15, -0.1) is 0 Å². The van der Waals surface area contributed by atoms with Crippen molar-refractivity contribution in [2.24, 2.45) is 0 Å². The van der Waals surface area contributed by atoms with Crippen molar-refractivity contribution in [1.29, 1.82) is 0 Å². The monoisotopic (exact) mass is 497 g/mol. The number of carbonyl (C=O) groups excluding carboxylic acids is 1. The van der Waals surface area contributed by atoms with E-state index in [1.807, 2.05) is 36.4 Å². The zero-order valence-electron chi connectivity index (χ0n) is 18.7. The lowest BCUT2D eigenvalue weighted by atomic mass is 9.82. The highest BCUT2D eigenvalue weighted by Gasteiger charge is 2.41. The first-order valence-electron chi connectivity index (χ1n) is 11.0. The summed E-state index contributed by atoms with van der Waals surface area (Å²) in [6.45, 7) is -1.02. The standard InChI is InChI=1S/C24H26F3NO5S/c1-34(30,31)15-17-2-4-18(5-3-17)19-6-7-21-20(14-19)8-9-23(33-21)10-12-28(13-11-23)22(29)32-16-24(25,26)27/h2-7,14H,8-13,15-16H2,1H3. The molecule has 0 atom stereocenters. The van der Waals surface area contributed by atoms with E-state index in [-0.39, 0.29) is 18.8 Å². The number of piperidine rings is 1. The minimum Gasteiger partial charge on any atom is -0.487 e. The molecule has 34 heavy (non-hydrogen) atoms. The maximum Gasteiger partial charge on any atom is 0.422 e. The van der Waals surface area contributed by atoms with E-state index in [0.29, 0.717) is 12.8 Å². The molecule has 2 aromatic rings. The molecule has 0 bridgehead atoms. The molecule has 1 amide bonds. The van der Waals surface area contributed by atoms with Crippen LogP contribution in [0, 0.1) is 0 Å². The summed E-state index contributed by atoms with van der Waals surface area (Å²) >= 11 is 0. The van der Waals surface area contributed by atoms with E-state index >= 15 is 0 Å². The molecule has 2 aromatic carbocycles. The normalized spacial score (nSPS) is 17.7. The van der Waals surface area contributed by atoms with Crippen LogP contribution in [0.5, 0.6) is 5.75 Å². The number of hydrogen-bond donors (Lipinski definition) is 0. The van der Waals surface area contributed by atoms with E-state index in [1.54, 1.807) is 0 Å². The van der Waals surface area contributed by atoms with Crippen LogP contribution in [-0.2, 0) is 26.7 Å². The third-order valence-corrected chi connectivity index (χ3v) is 7.10. The zero-order valence-corrected chi connectivity index (χ0v) is 19.5. The van der Waals surface area contributed by atoms with Gasteiger partial charge in [0.1, 0.15) is 11.4 Å². The van der Waals surface area contributed by atoms with Gasteiger partial charge in [-0.05, 0) is 47.2 Å². The molecule has 0 aliphatic carbocycles. The SMILES string of the molecule is CS(=O)(=O)Cc1ccc(-c2ccc3c(c2)CCC2(CCN(C(=O)OCC(F)(F)F)CC2)O3)cc1. The van der Waals surface area contributed by atoms with Gasteiger partial charge in [-0.3, -0.25) is 0 Å². The van der Waals surface area contributed by atoms with E-state index in [0.717, 1.165) is 40.8 Å². The van der Waals surface area contributed by atoms with Gasteiger partial charge in [0.2, 0.25) is 0 Å². The third kappa shape index (κ3) is 6.02. The van der Waals surface area contributed by atoms with Gasteiger partial charge in [0, 0.05) is 32.2 Å². The Morgan fingerprint density at radius 1 is 1.06 bits per heavy atom. The van der Waals surface area contributed by atoms with Crippen LogP contribution in [0.1, 0.15) is 30.4 Å². The maximum absolute atomic E-state index is 12.3. The average Bonchev–Trinajstić information content (AvgIpc) is 2.77. The number of hydrogen-bond acceptors (Lipinski definition) is 5. The molecule has 2 aliphatic rings. The average molecular weight is 498 g/mol. The minimum atomic E-state index is -4.54. The molecule has 2 aliphatic heterocycles. The van der Waals surface area contributed by atoms with Crippen molar-refractivity contribution in [1.82, 2.24) is 4.90 Å². The number of fused-ring (bicyclic) bond motifs is 1. The fourth-order valence-corrected chi connectivity index (χ4v) is 5.28. The number of halogens is 3. The molecule has 1 saturated heterocycles. The molecule has 0 saturated carbocycles. The summed E-state index contributed by atoms with van der Waals surface area (Å²) in [5.41, 5.74) is 3.35. The van der Waals surface area contributed by atoms with Gasteiger partial charge in [0.05, 0.1) is 5.75 Å². The lowest BCUT2D eigenvalue weighted by molar-refractivity contribution is -0.163. The molecule has 4 rings (SSSR count). The Kier molecular flexibility index (Phi) is 6.54. The van der Waals surface area contributed by atoms with Crippen LogP contribution in [-0.4, -0.2) is 57.1 Å². The van der Waals surface area contributed by atoms with E-state index < -0.39 is 34.3 Å².